The molecule has 0 radical (unpaired) electrons. The van der Waals surface area contributed by atoms with Gasteiger partial charge < -0.3 is 10.0 Å². The summed E-state index contributed by atoms with van der Waals surface area (Å²) in [7, 11) is 0. The van der Waals surface area contributed by atoms with Crippen LogP contribution >= 0.6 is 11.3 Å². The molecule has 2 unspecified atom stereocenters. The van der Waals surface area contributed by atoms with E-state index in [0.29, 0.717) is 0 Å². The average Bonchev–Trinajstić information content (AvgIpc) is 2.95. The maximum Gasteiger partial charge on any atom is 0.185 e. The summed E-state index contributed by atoms with van der Waals surface area (Å²) in [6.45, 7) is 4.56. The van der Waals surface area contributed by atoms with Crippen LogP contribution < -0.4 is 4.90 Å². The Kier molecular flexibility index (Phi) is 3.09. The first-order valence-corrected chi connectivity index (χ1v) is 7.52. The third kappa shape index (κ3) is 2.08. The Bertz CT molecular complexity index is 404. The summed E-state index contributed by atoms with van der Waals surface area (Å²) in [5, 5.41) is 11.1. The topological polar surface area (TPSA) is 36.4 Å². The summed E-state index contributed by atoms with van der Waals surface area (Å²) in [6, 6.07) is 0. The van der Waals surface area contributed by atoms with Gasteiger partial charge in [0.15, 0.2) is 5.13 Å². The third-order valence-corrected chi connectivity index (χ3v) is 5.30. The Labute approximate surface area is 106 Å². The van der Waals surface area contributed by atoms with Crippen LogP contribution in [0.5, 0.6) is 0 Å². The molecule has 2 atom stereocenters. The van der Waals surface area contributed by atoms with Gasteiger partial charge in [0.05, 0.1) is 16.7 Å². The van der Waals surface area contributed by atoms with Gasteiger partial charge in [-0.1, -0.05) is 24.7 Å². The molecule has 17 heavy (non-hydrogen) atoms. The largest absolute Gasteiger partial charge is 0.388 e. The molecular formula is C13H20N2OS. The summed E-state index contributed by atoms with van der Waals surface area (Å²) in [5.74, 6) is 0.834. The number of fused-ring (bicyclic) bond motifs is 1. The van der Waals surface area contributed by atoms with E-state index >= 15 is 0 Å². The summed E-state index contributed by atoms with van der Waals surface area (Å²) >= 11 is 1.72. The first-order valence-electron chi connectivity index (χ1n) is 6.70. The van der Waals surface area contributed by atoms with Crippen molar-refractivity contribution >= 4 is 16.5 Å². The lowest BCUT2D eigenvalue weighted by Crippen LogP contribution is -2.19. The summed E-state index contributed by atoms with van der Waals surface area (Å²) in [5.41, 5.74) is 1.16. The monoisotopic (exact) mass is 252 g/mol. The number of nitrogens with zero attached hydrogens (tertiary/aromatic N) is 2. The maximum absolute atomic E-state index is 9.97. The summed E-state index contributed by atoms with van der Waals surface area (Å²) in [6.07, 6.45) is 5.34. The Hall–Kier alpha value is -0.610. The van der Waals surface area contributed by atoms with E-state index in [2.05, 4.69) is 11.8 Å². The van der Waals surface area contributed by atoms with E-state index in [4.69, 9.17) is 4.98 Å². The standard InChI is InChI=1S/C13H20N2OS/c1-2-9-6-7-15(8-9)13-14-10-4-3-5-11(16)12(10)17-13/h9,11,16H,2-8H2,1H3. The van der Waals surface area contributed by atoms with Crippen molar-refractivity contribution in [3.05, 3.63) is 10.6 Å². The van der Waals surface area contributed by atoms with Crippen molar-refractivity contribution < 1.29 is 5.11 Å². The molecule has 1 aromatic heterocycles. The lowest BCUT2D eigenvalue weighted by atomic mass is 10.0. The van der Waals surface area contributed by atoms with Gasteiger partial charge in [-0.2, -0.15) is 0 Å². The van der Waals surface area contributed by atoms with Crippen molar-refractivity contribution in [2.45, 2.75) is 45.1 Å². The highest BCUT2D eigenvalue weighted by Crippen LogP contribution is 2.38. The first kappa shape index (κ1) is 11.5. The molecule has 2 heterocycles. The van der Waals surface area contributed by atoms with E-state index < -0.39 is 0 Å². The smallest absolute Gasteiger partial charge is 0.185 e. The van der Waals surface area contributed by atoms with Crippen molar-refractivity contribution in [3.63, 3.8) is 0 Å². The molecule has 1 aliphatic heterocycles. The Morgan fingerprint density at radius 3 is 3.06 bits per heavy atom. The molecule has 3 nitrogen and oxygen atoms in total. The van der Waals surface area contributed by atoms with Crippen LogP contribution in [-0.4, -0.2) is 23.2 Å². The second-order valence-electron chi connectivity index (χ2n) is 5.22. The van der Waals surface area contributed by atoms with Crippen molar-refractivity contribution in [3.8, 4) is 0 Å². The fraction of sp³-hybridized carbons (Fsp3) is 0.769. The molecule has 0 saturated carbocycles. The number of thiazole rings is 1. The Morgan fingerprint density at radius 2 is 2.35 bits per heavy atom. The number of aliphatic hydroxyl groups is 1. The molecule has 4 heteroatoms. The van der Waals surface area contributed by atoms with E-state index in [0.717, 1.165) is 54.0 Å². The number of aryl methyl sites for hydroxylation is 1. The van der Waals surface area contributed by atoms with Gasteiger partial charge in [0.2, 0.25) is 0 Å². The molecule has 1 saturated heterocycles. The van der Waals surface area contributed by atoms with Crippen LogP contribution in [0, 0.1) is 5.92 Å². The molecule has 2 aliphatic rings. The Balaban J connectivity index is 1.80. The number of anilines is 1. The molecule has 1 N–H and O–H groups in total. The highest BCUT2D eigenvalue weighted by molar-refractivity contribution is 7.15. The fourth-order valence-corrected chi connectivity index (χ4v) is 4.03. The molecule has 0 spiro atoms. The van der Waals surface area contributed by atoms with Crippen LogP contribution in [0.3, 0.4) is 0 Å². The lowest BCUT2D eigenvalue weighted by Gasteiger charge is -2.14. The summed E-state index contributed by atoms with van der Waals surface area (Å²) in [4.78, 5) is 8.27. The molecule has 0 amide bonds. The SMILES string of the molecule is CCC1CCN(c2nc3c(s2)C(O)CCC3)C1. The minimum atomic E-state index is -0.255. The van der Waals surface area contributed by atoms with Gasteiger partial charge in [-0.05, 0) is 31.6 Å². The highest BCUT2D eigenvalue weighted by Gasteiger charge is 2.27. The van der Waals surface area contributed by atoms with Crippen LogP contribution in [0.15, 0.2) is 0 Å². The second kappa shape index (κ2) is 4.58. The fourth-order valence-electron chi connectivity index (χ4n) is 2.86. The molecule has 1 fully saturated rings. The second-order valence-corrected chi connectivity index (χ2v) is 6.23. The van der Waals surface area contributed by atoms with Crippen LogP contribution in [0.2, 0.25) is 0 Å². The number of hydrogen-bond acceptors (Lipinski definition) is 4. The minimum absolute atomic E-state index is 0.255. The van der Waals surface area contributed by atoms with E-state index in [1.54, 1.807) is 11.3 Å². The van der Waals surface area contributed by atoms with E-state index in [1.165, 1.54) is 12.8 Å². The van der Waals surface area contributed by atoms with Gasteiger partial charge in [0.1, 0.15) is 0 Å². The zero-order chi connectivity index (χ0) is 11.8. The number of hydrogen-bond donors (Lipinski definition) is 1. The molecule has 94 valence electrons. The molecule has 0 bridgehead atoms. The van der Waals surface area contributed by atoms with E-state index in [-0.39, 0.29) is 6.10 Å². The number of aromatic nitrogens is 1. The van der Waals surface area contributed by atoms with Gasteiger partial charge in [-0.15, -0.1) is 0 Å². The summed E-state index contributed by atoms with van der Waals surface area (Å²) < 4.78 is 0. The lowest BCUT2D eigenvalue weighted by molar-refractivity contribution is 0.160. The van der Waals surface area contributed by atoms with Crippen molar-refractivity contribution in [2.24, 2.45) is 5.92 Å². The van der Waals surface area contributed by atoms with Crippen LogP contribution in [0.1, 0.15) is 49.3 Å². The van der Waals surface area contributed by atoms with Crippen LogP contribution in [0.4, 0.5) is 5.13 Å². The molecule has 1 aliphatic carbocycles. The molecule has 1 aromatic rings. The van der Waals surface area contributed by atoms with Gasteiger partial charge >= 0.3 is 0 Å². The quantitative estimate of drug-likeness (QED) is 0.879. The van der Waals surface area contributed by atoms with Gasteiger partial charge in [0, 0.05) is 13.1 Å². The normalized spacial score (nSPS) is 28.5. The van der Waals surface area contributed by atoms with Crippen LogP contribution in [0.25, 0.3) is 0 Å². The van der Waals surface area contributed by atoms with Gasteiger partial charge in [0.25, 0.3) is 0 Å². The molecular weight excluding hydrogens is 232 g/mol. The van der Waals surface area contributed by atoms with Crippen molar-refractivity contribution in [1.29, 1.82) is 0 Å². The predicted octanol–water partition coefficient (Wildman–Crippen LogP) is 2.75. The Morgan fingerprint density at radius 1 is 1.47 bits per heavy atom. The van der Waals surface area contributed by atoms with Crippen LogP contribution in [-0.2, 0) is 6.42 Å². The van der Waals surface area contributed by atoms with E-state index in [9.17, 15) is 5.11 Å². The molecule has 0 aromatic carbocycles. The third-order valence-electron chi connectivity index (χ3n) is 4.04. The first-order chi connectivity index (χ1) is 8.28. The highest BCUT2D eigenvalue weighted by atomic mass is 32.1. The number of rotatable bonds is 2. The van der Waals surface area contributed by atoms with Gasteiger partial charge in [-0.25, -0.2) is 4.98 Å². The zero-order valence-electron chi connectivity index (χ0n) is 10.4. The predicted molar refractivity (Wildman–Crippen MR) is 70.6 cm³/mol. The van der Waals surface area contributed by atoms with Gasteiger partial charge in [-0.3, -0.25) is 0 Å². The number of aliphatic hydroxyl groups excluding tert-OH is 1. The minimum Gasteiger partial charge on any atom is -0.388 e. The average molecular weight is 252 g/mol. The maximum atomic E-state index is 9.97. The van der Waals surface area contributed by atoms with Crippen molar-refractivity contribution in [2.75, 3.05) is 18.0 Å². The zero-order valence-corrected chi connectivity index (χ0v) is 11.2. The molecule has 3 rings (SSSR count). The van der Waals surface area contributed by atoms with Crippen molar-refractivity contribution in [1.82, 2.24) is 4.98 Å². The van der Waals surface area contributed by atoms with E-state index in [1.807, 2.05) is 0 Å².